The van der Waals surface area contributed by atoms with Crippen LogP contribution in [0.4, 0.5) is 0 Å². The van der Waals surface area contributed by atoms with E-state index >= 15 is 0 Å². The summed E-state index contributed by atoms with van der Waals surface area (Å²) < 4.78 is 35.0. The lowest BCUT2D eigenvalue weighted by atomic mass is 9.74. The Kier molecular flexibility index (Phi) is 4.32. The Labute approximate surface area is 157 Å². The molecule has 0 bridgehead atoms. The van der Waals surface area contributed by atoms with Crippen molar-refractivity contribution in [3.05, 3.63) is 42.2 Å². The lowest BCUT2D eigenvalue weighted by Gasteiger charge is -2.34. The molecule has 8 nitrogen and oxygen atoms in total. The fraction of sp³-hybridized carbons (Fsp3) is 0.444. The van der Waals surface area contributed by atoms with Crippen molar-refractivity contribution in [1.29, 1.82) is 0 Å². The second-order valence-corrected chi connectivity index (χ2v) is 9.09. The van der Waals surface area contributed by atoms with Crippen LogP contribution in [0.2, 0.25) is 0 Å². The van der Waals surface area contributed by atoms with Gasteiger partial charge in [0.2, 0.25) is 10.0 Å². The number of nitrogens with zero attached hydrogens (tertiary/aromatic N) is 3. The van der Waals surface area contributed by atoms with Crippen molar-refractivity contribution in [2.75, 3.05) is 26.3 Å². The maximum Gasteiger partial charge on any atom is 0.311 e. The van der Waals surface area contributed by atoms with Crippen LogP contribution in [-0.2, 0) is 19.6 Å². The van der Waals surface area contributed by atoms with Crippen LogP contribution in [0.1, 0.15) is 12.0 Å². The van der Waals surface area contributed by atoms with Crippen molar-refractivity contribution in [2.45, 2.75) is 18.2 Å². The molecular formula is C18H21N3O5S. The van der Waals surface area contributed by atoms with Crippen LogP contribution in [0.5, 0.6) is 0 Å². The largest absolute Gasteiger partial charge is 0.481 e. The topological polar surface area (TPSA) is 102 Å². The summed E-state index contributed by atoms with van der Waals surface area (Å²) in [5.74, 6) is -1.29. The normalized spacial score (nSPS) is 26.0. The quantitative estimate of drug-likeness (QED) is 0.843. The molecule has 144 valence electrons. The minimum Gasteiger partial charge on any atom is -0.481 e. The third-order valence-electron chi connectivity index (χ3n) is 5.66. The summed E-state index contributed by atoms with van der Waals surface area (Å²) in [6.07, 6.45) is 3.68. The number of aliphatic carboxylic acids is 1. The van der Waals surface area contributed by atoms with Crippen molar-refractivity contribution in [2.24, 2.45) is 11.3 Å². The lowest BCUT2D eigenvalue weighted by molar-refractivity contribution is -0.157. The number of carboxylic acid groups (broad SMARTS) is 1. The highest BCUT2D eigenvalue weighted by molar-refractivity contribution is 7.89. The molecule has 2 atom stereocenters. The Balaban J connectivity index is 1.72. The molecule has 2 fully saturated rings. The van der Waals surface area contributed by atoms with Crippen LogP contribution in [0, 0.1) is 18.3 Å². The fourth-order valence-corrected chi connectivity index (χ4v) is 5.81. The van der Waals surface area contributed by atoms with Crippen LogP contribution in [0.3, 0.4) is 0 Å². The van der Waals surface area contributed by atoms with Gasteiger partial charge >= 0.3 is 5.97 Å². The van der Waals surface area contributed by atoms with E-state index in [9.17, 15) is 18.3 Å². The average molecular weight is 391 g/mol. The van der Waals surface area contributed by atoms with Gasteiger partial charge in [0, 0.05) is 38.0 Å². The van der Waals surface area contributed by atoms with Gasteiger partial charge in [0.05, 0.1) is 22.6 Å². The summed E-state index contributed by atoms with van der Waals surface area (Å²) >= 11 is 0. The molecule has 4 rings (SSSR count). The van der Waals surface area contributed by atoms with E-state index in [1.165, 1.54) is 4.31 Å². The minimum absolute atomic E-state index is 0.0237. The molecule has 3 heterocycles. The van der Waals surface area contributed by atoms with Crippen LogP contribution in [0.15, 0.2) is 41.6 Å². The number of rotatable bonds is 4. The summed E-state index contributed by atoms with van der Waals surface area (Å²) in [7, 11) is -3.84. The van der Waals surface area contributed by atoms with Crippen molar-refractivity contribution in [1.82, 2.24) is 14.1 Å². The van der Waals surface area contributed by atoms with E-state index in [1.807, 2.05) is 0 Å². The van der Waals surface area contributed by atoms with E-state index < -0.39 is 21.4 Å². The van der Waals surface area contributed by atoms with Gasteiger partial charge in [-0.2, -0.15) is 9.40 Å². The van der Waals surface area contributed by atoms with E-state index in [0.29, 0.717) is 24.3 Å². The molecule has 0 unspecified atom stereocenters. The van der Waals surface area contributed by atoms with Crippen molar-refractivity contribution in [3.63, 3.8) is 0 Å². The Hall–Kier alpha value is -2.23. The highest BCUT2D eigenvalue weighted by atomic mass is 32.2. The molecule has 2 aromatic rings. The first kappa shape index (κ1) is 18.1. The number of sulfonamides is 1. The van der Waals surface area contributed by atoms with Crippen LogP contribution in [-0.4, -0.2) is 59.9 Å². The monoisotopic (exact) mass is 391 g/mol. The number of fused-ring (bicyclic) bond motifs is 1. The molecule has 2 aliphatic rings. The van der Waals surface area contributed by atoms with Gasteiger partial charge in [-0.3, -0.25) is 4.79 Å². The molecule has 0 amide bonds. The summed E-state index contributed by atoms with van der Waals surface area (Å²) in [5, 5.41) is 13.9. The van der Waals surface area contributed by atoms with Crippen molar-refractivity contribution < 1.29 is 23.1 Å². The van der Waals surface area contributed by atoms with Gasteiger partial charge in [-0.15, -0.1) is 0 Å². The molecule has 27 heavy (non-hydrogen) atoms. The standard InChI is InChI=1S/C18H21N3O5S/c1-13-3-4-15(21-7-2-6-19-21)9-16(13)27(24,25)20-10-14-11-26-8-5-18(14,12-20)17(22)23/h2-4,6-7,9,14H,5,8,10-12H2,1H3,(H,22,23)/t14-,18+/m1/s1. The molecule has 1 N–H and O–H groups in total. The van der Waals surface area contributed by atoms with Gasteiger partial charge in [-0.05, 0) is 37.1 Å². The zero-order valence-electron chi connectivity index (χ0n) is 14.9. The molecule has 1 aromatic carbocycles. The Morgan fingerprint density at radius 1 is 1.41 bits per heavy atom. The number of ether oxygens (including phenoxy) is 1. The second kappa shape index (κ2) is 6.43. The number of hydrogen-bond acceptors (Lipinski definition) is 5. The fourth-order valence-electron chi connectivity index (χ4n) is 4.01. The lowest BCUT2D eigenvalue weighted by Crippen LogP contribution is -2.45. The molecule has 1 aromatic heterocycles. The van der Waals surface area contributed by atoms with Gasteiger partial charge in [0.15, 0.2) is 0 Å². The van der Waals surface area contributed by atoms with E-state index in [0.717, 1.165) is 0 Å². The zero-order chi connectivity index (χ0) is 19.2. The van der Waals surface area contributed by atoms with E-state index in [-0.39, 0.29) is 30.5 Å². The van der Waals surface area contributed by atoms with Crippen molar-refractivity contribution >= 4 is 16.0 Å². The van der Waals surface area contributed by atoms with Crippen molar-refractivity contribution in [3.8, 4) is 5.69 Å². The number of carboxylic acids is 1. The Morgan fingerprint density at radius 2 is 2.22 bits per heavy atom. The van der Waals surface area contributed by atoms with Gasteiger partial charge in [0.1, 0.15) is 0 Å². The first-order chi connectivity index (χ1) is 12.8. The maximum absolute atomic E-state index is 13.3. The smallest absolute Gasteiger partial charge is 0.311 e. The molecule has 2 saturated heterocycles. The number of aryl methyl sites for hydroxylation is 1. The molecular weight excluding hydrogens is 370 g/mol. The number of carbonyl (C=O) groups is 1. The molecule has 0 spiro atoms. The number of aromatic nitrogens is 2. The first-order valence-corrected chi connectivity index (χ1v) is 10.2. The molecule has 2 aliphatic heterocycles. The van der Waals surface area contributed by atoms with E-state index in [1.54, 1.807) is 48.3 Å². The van der Waals surface area contributed by atoms with E-state index in [2.05, 4.69) is 5.10 Å². The highest BCUT2D eigenvalue weighted by Gasteiger charge is 2.56. The highest BCUT2D eigenvalue weighted by Crippen LogP contribution is 2.44. The third-order valence-corrected chi connectivity index (χ3v) is 7.61. The predicted molar refractivity (Wildman–Crippen MR) is 96.1 cm³/mol. The summed E-state index contributed by atoms with van der Waals surface area (Å²) in [4.78, 5) is 12.1. The summed E-state index contributed by atoms with van der Waals surface area (Å²) in [6, 6.07) is 6.89. The molecule has 9 heteroatoms. The zero-order valence-corrected chi connectivity index (χ0v) is 15.7. The minimum atomic E-state index is -3.84. The summed E-state index contributed by atoms with van der Waals surface area (Å²) in [5.41, 5.74) is 0.178. The summed E-state index contributed by atoms with van der Waals surface area (Å²) in [6.45, 7) is 2.47. The van der Waals surface area contributed by atoms with Gasteiger partial charge in [-0.25, -0.2) is 13.1 Å². The Bertz CT molecular complexity index is 973. The van der Waals surface area contributed by atoms with Gasteiger partial charge in [0.25, 0.3) is 0 Å². The number of hydrogen-bond donors (Lipinski definition) is 1. The van der Waals surface area contributed by atoms with Crippen LogP contribution >= 0.6 is 0 Å². The molecule has 0 radical (unpaired) electrons. The Morgan fingerprint density at radius 3 is 2.89 bits per heavy atom. The number of benzene rings is 1. The predicted octanol–water partition coefficient (Wildman–Crippen LogP) is 1.29. The van der Waals surface area contributed by atoms with E-state index in [4.69, 9.17) is 4.74 Å². The molecule has 0 aliphatic carbocycles. The molecule has 0 saturated carbocycles. The second-order valence-electron chi connectivity index (χ2n) is 7.18. The third kappa shape index (κ3) is 2.86. The van der Waals surface area contributed by atoms with Crippen LogP contribution < -0.4 is 0 Å². The SMILES string of the molecule is Cc1ccc(-n2cccn2)cc1S(=O)(=O)N1C[C@@H]2COCC[C@]2(C(=O)O)C1. The van der Waals surface area contributed by atoms with Gasteiger partial charge < -0.3 is 9.84 Å². The maximum atomic E-state index is 13.3. The first-order valence-electron chi connectivity index (χ1n) is 8.76. The average Bonchev–Trinajstić information content (AvgIpc) is 3.30. The van der Waals surface area contributed by atoms with Gasteiger partial charge in [-0.1, -0.05) is 6.07 Å². The van der Waals surface area contributed by atoms with Crippen LogP contribution in [0.25, 0.3) is 5.69 Å².